The molecule has 2 heterocycles. The van der Waals surface area contributed by atoms with Crippen molar-refractivity contribution in [3.63, 3.8) is 0 Å². The highest BCUT2D eigenvalue weighted by atomic mass is 19.1. The van der Waals surface area contributed by atoms with Gasteiger partial charge in [-0.2, -0.15) is 4.98 Å². The normalized spacial score (nSPS) is 13.2. The van der Waals surface area contributed by atoms with Crippen molar-refractivity contribution in [2.45, 2.75) is 13.2 Å². The average molecular weight is 503 g/mol. The molecule has 188 valence electrons. The lowest BCUT2D eigenvalue weighted by molar-refractivity contribution is -0.142. The number of pyridine rings is 1. The Kier molecular flexibility index (Phi) is 6.98. The Morgan fingerprint density at radius 2 is 1.43 bits per heavy atom. The molecule has 4 aromatic rings. The summed E-state index contributed by atoms with van der Waals surface area (Å²) in [6.07, 6.45) is 0. The second-order valence-corrected chi connectivity index (χ2v) is 8.78. The van der Waals surface area contributed by atoms with Gasteiger partial charge in [-0.05, 0) is 29.3 Å². The zero-order chi connectivity index (χ0) is 25.8. The summed E-state index contributed by atoms with van der Waals surface area (Å²) in [7, 11) is 0. The SMILES string of the molecule is O=C(O)C1CN(c2cc(F)c(-c3ccc(OCc4ccccc4)nc3OCc3ccccc3)c(F)c2)C1. The van der Waals surface area contributed by atoms with Crippen LogP contribution >= 0.6 is 0 Å². The molecule has 1 fully saturated rings. The maximum absolute atomic E-state index is 15.3. The first-order chi connectivity index (χ1) is 18.0. The van der Waals surface area contributed by atoms with Gasteiger partial charge in [-0.3, -0.25) is 4.79 Å². The maximum atomic E-state index is 15.3. The summed E-state index contributed by atoms with van der Waals surface area (Å²) >= 11 is 0. The van der Waals surface area contributed by atoms with Crippen LogP contribution in [0.1, 0.15) is 11.1 Å². The van der Waals surface area contributed by atoms with E-state index in [2.05, 4.69) is 4.98 Å². The minimum absolute atomic E-state index is 0.0369. The molecule has 0 radical (unpaired) electrons. The number of ether oxygens (including phenoxy) is 2. The minimum atomic E-state index is -0.922. The highest BCUT2D eigenvalue weighted by Gasteiger charge is 2.33. The molecule has 37 heavy (non-hydrogen) atoms. The highest BCUT2D eigenvalue weighted by Crippen LogP contribution is 2.38. The van der Waals surface area contributed by atoms with Crippen molar-refractivity contribution >= 4 is 11.7 Å². The highest BCUT2D eigenvalue weighted by molar-refractivity contribution is 5.76. The van der Waals surface area contributed by atoms with Crippen LogP contribution in [0.4, 0.5) is 14.5 Å². The largest absolute Gasteiger partial charge is 0.481 e. The number of aromatic nitrogens is 1. The number of hydrogen-bond acceptors (Lipinski definition) is 5. The molecule has 0 saturated carbocycles. The molecule has 0 unspecified atom stereocenters. The summed E-state index contributed by atoms with van der Waals surface area (Å²) in [5.41, 5.74) is 1.98. The van der Waals surface area contributed by atoms with Crippen LogP contribution in [-0.4, -0.2) is 29.1 Å². The van der Waals surface area contributed by atoms with Gasteiger partial charge in [-0.25, -0.2) is 8.78 Å². The second-order valence-electron chi connectivity index (χ2n) is 8.78. The second kappa shape index (κ2) is 10.7. The Bertz CT molecular complexity index is 1370. The van der Waals surface area contributed by atoms with Crippen LogP contribution in [0.15, 0.2) is 84.9 Å². The lowest BCUT2D eigenvalue weighted by atomic mass is 9.98. The summed E-state index contributed by atoms with van der Waals surface area (Å²) in [4.78, 5) is 17.1. The molecule has 0 aliphatic carbocycles. The maximum Gasteiger partial charge on any atom is 0.310 e. The van der Waals surface area contributed by atoms with Crippen LogP contribution in [0, 0.1) is 17.6 Å². The van der Waals surface area contributed by atoms with Crippen LogP contribution in [0.2, 0.25) is 0 Å². The van der Waals surface area contributed by atoms with E-state index in [-0.39, 0.29) is 49.2 Å². The average Bonchev–Trinajstić information content (AvgIpc) is 2.87. The van der Waals surface area contributed by atoms with Crippen molar-refractivity contribution in [2.24, 2.45) is 5.92 Å². The third kappa shape index (κ3) is 5.53. The Morgan fingerprint density at radius 3 is 2.00 bits per heavy atom. The number of rotatable bonds is 9. The van der Waals surface area contributed by atoms with E-state index in [1.807, 2.05) is 60.7 Å². The Hall–Kier alpha value is -4.46. The summed E-state index contributed by atoms with van der Waals surface area (Å²) in [6.45, 7) is 0.826. The smallest absolute Gasteiger partial charge is 0.310 e. The number of nitrogens with zero attached hydrogens (tertiary/aromatic N) is 2. The van der Waals surface area contributed by atoms with Gasteiger partial charge in [0.15, 0.2) is 0 Å². The van der Waals surface area contributed by atoms with E-state index in [1.54, 1.807) is 11.0 Å². The van der Waals surface area contributed by atoms with E-state index in [0.29, 0.717) is 5.69 Å². The number of halogens is 2. The van der Waals surface area contributed by atoms with Crippen molar-refractivity contribution in [2.75, 3.05) is 18.0 Å². The molecule has 1 saturated heterocycles. The van der Waals surface area contributed by atoms with E-state index in [9.17, 15) is 4.79 Å². The monoisotopic (exact) mass is 502 g/mol. The molecule has 6 nitrogen and oxygen atoms in total. The first kappa shape index (κ1) is 24.2. The van der Waals surface area contributed by atoms with Gasteiger partial charge in [0.25, 0.3) is 0 Å². The predicted molar refractivity (Wildman–Crippen MR) is 134 cm³/mol. The Labute approximate surface area is 212 Å². The van der Waals surface area contributed by atoms with Gasteiger partial charge in [0.05, 0.1) is 17.0 Å². The lowest BCUT2D eigenvalue weighted by Gasteiger charge is -2.38. The summed E-state index contributed by atoms with van der Waals surface area (Å²) in [6, 6.07) is 24.4. The molecule has 0 atom stereocenters. The van der Waals surface area contributed by atoms with Crippen molar-refractivity contribution in [3.05, 3.63) is 108 Å². The standard InChI is InChI=1S/C29H24F2N2O4/c30-24-13-22(33-15-21(16-33)29(34)35)14-25(31)27(24)23-11-12-26(36-17-19-7-3-1-4-8-19)32-28(23)37-18-20-9-5-2-6-10-20/h1-14,21H,15-18H2,(H,34,35). The van der Waals surface area contributed by atoms with Gasteiger partial charge in [-0.15, -0.1) is 0 Å². The first-order valence-corrected chi connectivity index (χ1v) is 11.8. The number of carboxylic acids is 1. The van der Waals surface area contributed by atoms with Crippen molar-refractivity contribution < 1.29 is 28.2 Å². The zero-order valence-electron chi connectivity index (χ0n) is 19.8. The van der Waals surface area contributed by atoms with Crippen LogP contribution in [0.25, 0.3) is 11.1 Å². The van der Waals surface area contributed by atoms with Gasteiger partial charge in [0, 0.05) is 24.8 Å². The molecule has 3 aromatic carbocycles. The molecule has 1 N–H and O–H groups in total. The molecule has 0 bridgehead atoms. The van der Waals surface area contributed by atoms with Gasteiger partial charge in [0.2, 0.25) is 11.8 Å². The molecule has 8 heteroatoms. The van der Waals surface area contributed by atoms with Crippen LogP contribution in [-0.2, 0) is 18.0 Å². The number of carboxylic acid groups (broad SMARTS) is 1. The molecule has 0 amide bonds. The predicted octanol–water partition coefficient (Wildman–Crippen LogP) is 5.71. The fourth-order valence-electron chi connectivity index (χ4n) is 4.11. The van der Waals surface area contributed by atoms with Crippen molar-refractivity contribution in [1.29, 1.82) is 0 Å². The van der Waals surface area contributed by atoms with Crippen molar-refractivity contribution in [3.8, 4) is 22.9 Å². The molecule has 1 aliphatic rings. The van der Waals surface area contributed by atoms with E-state index in [4.69, 9.17) is 14.6 Å². The van der Waals surface area contributed by atoms with Crippen molar-refractivity contribution in [1.82, 2.24) is 4.98 Å². The quantitative estimate of drug-likeness (QED) is 0.316. The number of aliphatic carboxylic acids is 1. The van der Waals surface area contributed by atoms with Crippen LogP contribution in [0.5, 0.6) is 11.8 Å². The number of carbonyl (C=O) groups is 1. The molecule has 5 rings (SSSR count). The van der Waals surface area contributed by atoms with E-state index in [1.165, 1.54) is 18.2 Å². The summed E-state index contributed by atoms with van der Waals surface area (Å²) < 4.78 is 42.3. The molecule has 0 spiro atoms. The third-order valence-corrected chi connectivity index (χ3v) is 6.17. The number of benzene rings is 3. The fourth-order valence-corrected chi connectivity index (χ4v) is 4.11. The minimum Gasteiger partial charge on any atom is -0.481 e. The van der Waals surface area contributed by atoms with E-state index in [0.717, 1.165) is 11.1 Å². The molecular formula is C29H24F2N2O4. The Balaban J connectivity index is 1.43. The van der Waals surface area contributed by atoms with Gasteiger partial charge < -0.3 is 19.5 Å². The van der Waals surface area contributed by atoms with Crippen LogP contribution in [0.3, 0.4) is 0 Å². The van der Waals surface area contributed by atoms with Gasteiger partial charge in [0.1, 0.15) is 24.8 Å². The number of anilines is 1. The van der Waals surface area contributed by atoms with Gasteiger partial charge >= 0.3 is 5.97 Å². The van der Waals surface area contributed by atoms with E-state index < -0.39 is 23.5 Å². The van der Waals surface area contributed by atoms with Gasteiger partial charge in [-0.1, -0.05) is 60.7 Å². The lowest BCUT2D eigenvalue weighted by Crippen LogP contribution is -2.50. The molecule has 1 aliphatic heterocycles. The van der Waals surface area contributed by atoms with E-state index >= 15 is 8.78 Å². The zero-order valence-corrected chi connectivity index (χ0v) is 19.8. The number of hydrogen-bond donors (Lipinski definition) is 1. The topological polar surface area (TPSA) is 71.9 Å². The molecule has 1 aromatic heterocycles. The fraction of sp³-hybridized carbons (Fsp3) is 0.172. The third-order valence-electron chi connectivity index (χ3n) is 6.17. The summed E-state index contributed by atoms with van der Waals surface area (Å²) in [5.74, 6) is -2.76. The Morgan fingerprint density at radius 1 is 0.865 bits per heavy atom. The molecular weight excluding hydrogens is 478 g/mol. The summed E-state index contributed by atoms with van der Waals surface area (Å²) in [5, 5.41) is 9.08. The first-order valence-electron chi connectivity index (χ1n) is 11.8. The van der Waals surface area contributed by atoms with Crippen LogP contribution < -0.4 is 14.4 Å².